The van der Waals surface area contributed by atoms with Gasteiger partial charge in [-0.1, -0.05) is 6.92 Å². The molecule has 1 rings (SSSR count). The van der Waals surface area contributed by atoms with Crippen molar-refractivity contribution >= 4 is 12.1 Å². The summed E-state index contributed by atoms with van der Waals surface area (Å²) in [4.78, 5) is 0. The molecular formula is C8H13N2O4+. The van der Waals surface area contributed by atoms with Gasteiger partial charge in [-0.05, 0) is 10.8 Å². The standard InChI is InChI=1S/C8H13N2O4/c1-2-5-9(11)6-7-3-4-8(14-7)10(12)13/h3-4,6,10-12H,2,5H2,1H3/q+1/b9-6+. The van der Waals surface area contributed by atoms with Crippen LogP contribution in [0.2, 0.25) is 0 Å². The molecule has 0 aromatic carbocycles. The lowest BCUT2D eigenvalue weighted by atomic mass is 10.4. The third-order valence-corrected chi connectivity index (χ3v) is 1.57. The van der Waals surface area contributed by atoms with Crippen LogP contribution in [-0.2, 0) is 0 Å². The lowest BCUT2D eigenvalue weighted by molar-refractivity contribution is -0.997. The van der Waals surface area contributed by atoms with Crippen LogP contribution in [0.3, 0.4) is 0 Å². The van der Waals surface area contributed by atoms with Gasteiger partial charge in [0.25, 0.3) is 6.21 Å². The molecule has 0 saturated carbocycles. The van der Waals surface area contributed by atoms with E-state index >= 15 is 0 Å². The van der Waals surface area contributed by atoms with Crippen molar-refractivity contribution < 1.29 is 24.8 Å². The van der Waals surface area contributed by atoms with Gasteiger partial charge < -0.3 is 9.62 Å². The van der Waals surface area contributed by atoms with Crippen molar-refractivity contribution in [3.05, 3.63) is 23.1 Å². The van der Waals surface area contributed by atoms with Crippen molar-refractivity contribution in [2.24, 2.45) is 0 Å². The number of furan rings is 1. The molecule has 0 spiro atoms. The van der Waals surface area contributed by atoms with E-state index in [2.05, 4.69) is 0 Å². The van der Waals surface area contributed by atoms with Gasteiger partial charge in [0.05, 0.1) is 0 Å². The third kappa shape index (κ3) is 2.84. The average Bonchev–Trinajstić information content (AvgIpc) is 2.53. The van der Waals surface area contributed by atoms with Gasteiger partial charge in [0, 0.05) is 12.5 Å². The van der Waals surface area contributed by atoms with Gasteiger partial charge in [0.15, 0.2) is 6.54 Å². The van der Waals surface area contributed by atoms with Crippen LogP contribution >= 0.6 is 0 Å². The van der Waals surface area contributed by atoms with Crippen molar-refractivity contribution in [3.8, 4) is 0 Å². The van der Waals surface area contributed by atoms with Gasteiger partial charge in [-0.3, -0.25) is 5.21 Å². The number of hydroxylamine groups is 1. The molecule has 1 aromatic rings. The van der Waals surface area contributed by atoms with Crippen LogP contribution in [0.5, 0.6) is 0 Å². The summed E-state index contributed by atoms with van der Waals surface area (Å²) in [5.74, 6) is 0.180. The predicted molar refractivity (Wildman–Crippen MR) is 46.9 cm³/mol. The molecular weight excluding hydrogens is 188 g/mol. The van der Waals surface area contributed by atoms with E-state index in [1.165, 1.54) is 18.3 Å². The Kier molecular flexibility index (Phi) is 3.63. The maximum atomic E-state index is 10.4. The fourth-order valence-corrected chi connectivity index (χ4v) is 0.978. The second kappa shape index (κ2) is 4.75. The molecule has 1 atom stereocenters. The summed E-state index contributed by atoms with van der Waals surface area (Å²) >= 11 is 0. The van der Waals surface area contributed by atoms with Crippen molar-refractivity contribution in [2.45, 2.75) is 13.3 Å². The summed E-state index contributed by atoms with van der Waals surface area (Å²) in [6, 6.07) is 2.83. The van der Waals surface area contributed by atoms with E-state index in [0.717, 1.165) is 11.2 Å². The summed E-state index contributed by atoms with van der Waals surface area (Å²) in [5.41, 5.74) is 0. The van der Waals surface area contributed by atoms with Crippen LogP contribution in [0.25, 0.3) is 0 Å². The Balaban J connectivity index is 2.72. The summed E-state index contributed by atoms with van der Waals surface area (Å²) in [5, 5.41) is 27.1. The molecule has 6 heteroatoms. The Morgan fingerprint density at radius 2 is 2.36 bits per heavy atom. The SMILES string of the molecule is CCC/[N+](O)=C\c1ccc([NH+]([O-])O)o1. The minimum absolute atomic E-state index is 0.138. The highest BCUT2D eigenvalue weighted by molar-refractivity contribution is 5.71. The monoisotopic (exact) mass is 201 g/mol. The number of nitrogens with zero attached hydrogens (tertiary/aromatic N) is 1. The maximum Gasteiger partial charge on any atom is 0.329 e. The third-order valence-electron chi connectivity index (χ3n) is 1.57. The zero-order chi connectivity index (χ0) is 10.6. The zero-order valence-electron chi connectivity index (χ0n) is 7.80. The fourth-order valence-electron chi connectivity index (χ4n) is 0.978. The van der Waals surface area contributed by atoms with Gasteiger partial charge in [-0.15, -0.1) is 0 Å². The molecule has 1 unspecified atom stereocenters. The molecule has 1 heterocycles. The van der Waals surface area contributed by atoms with E-state index in [0.29, 0.717) is 12.3 Å². The van der Waals surface area contributed by atoms with Crippen LogP contribution in [0.15, 0.2) is 16.5 Å². The zero-order valence-corrected chi connectivity index (χ0v) is 7.80. The van der Waals surface area contributed by atoms with E-state index in [-0.39, 0.29) is 5.88 Å². The molecule has 14 heavy (non-hydrogen) atoms. The van der Waals surface area contributed by atoms with E-state index in [4.69, 9.17) is 9.62 Å². The summed E-state index contributed by atoms with van der Waals surface area (Å²) in [6.07, 6.45) is 2.13. The molecule has 1 aromatic heterocycles. The summed E-state index contributed by atoms with van der Waals surface area (Å²) in [7, 11) is 0. The molecule has 0 aliphatic carbocycles. The minimum atomic E-state index is -1.12. The second-order valence-corrected chi connectivity index (χ2v) is 2.80. The second-order valence-electron chi connectivity index (χ2n) is 2.80. The van der Waals surface area contributed by atoms with Crippen LogP contribution in [0, 0.1) is 5.21 Å². The first-order chi connectivity index (χ1) is 6.63. The number of hydrogen-bond donors (Lipinski definition) is 3. The van der Waals surface area contributed by atoms with E-state index in [1.54, 1.807) is 0 Å². The summed E-state index contributed by atoms with van der Waals surface area (Å²) < 4.78 is 5.87. The fraction of sp³-hybridized carbons (Fsp3) is 0.375. The lowest BCUT2D eigenvalue weighted by Crippen LogP contribution is -2.99. The van der Waals surface area contributed by atoms with Crippen molar-refractivity contribution in [1.29, 1.82) is 0 Å². The van der Waals surface area contributed by atoms with Crippen molar-refractivity contribution in [1.82, 2.24) is 0 Å². The molecule has 0 aliphatic heterocycles. The molecule has 6 nitrogen and oxygen atoms in total. The Labute approximate surface area is 80.8 Å². The number of hydrogen-bond acceptors (Lipinski definition) is 4. The topological polar surface area (TPSA) is 84.1 Å². The predicted octanol–water partition coefficient (Wildman–Crippen LogP) is -0.0864. The maximum absolute atomic E-state index is 10.4. The van der Waals surface area contributed by atoms with Gasteiger partial charge in [0.2, 0.25) is 5.76 Å². The summed E-state index contributed by atoms with van der Waals surface area (Å²) in [6.45, 7) is 2.39. The minimum Gasteiger partial charge on any atom is -0.592 e. The van der Waals surface area contributed by atoms with Crippen LogP contribution in [0.4, 0.5) is 5.88 Å². The number of nitrogens with one attached hydrogen (secondary N) is 1. The van der Waals surface area contributed by atoms with E-state index in [9.17, 15) is 10.4 Å². The lowest BCUT2D eigenvalue weighted by Gasteiger charge is -2.05. The molecule has 0 amide bonds. The molecule has 0 fully saturated rings. The highest BCUT2D eigenvalue weighted by Gasteiger charge is 2.09. The normalized spacial score (nSPS) is 14.4. The first-order valence-electron chi connectivity index (χ1n) is 4.27. The first-order valence-corrected chi connectivity index (χ1v) is 4.27. The van der Waals surface area contributed by atoms with Crippen LogP contribution in [-0.4, -0.2) is 27.9 Å². The first kappa shape index (κ1) is 10.7. The average molecular weight is 201 g/mol. The van der Waals surface area contributed by atoms with Gasteiger partial charge in [-0.2, -0.15) is 5.23 Å². The van der Waals surface area contributed by atoms with Gasteiger partial charge in [0.1, 0.15) is 0 Å². The van der Waals surface area contributed by atoms with Gasteiger partial charge >= 0.3 is 5.88 Å². The Morgan fingerprint density at radius 1 is 1.64 bits per heavy atom. The smallest absolute Gasteiger partial charge is 0.329 e. The molecule has 0 radical (unpaired) electrons. The number of quaternary nitrogens is 1. The Hall–Kier alpha value is -1.37. The van der Waals surface area contributed by atoms with E-state index in [1.807, 2.05) is 6.92 Å². The Bertz CT molecular complexity index is 319. The highest BCUT2D eigenvalue weighted by atomic mass is 16.8. The van der Waals surface area contributed by atoms with Crippen LogP contribution < -0.4 is 5.23 Å². The van der Waals surface area contributed by atoms with Crippen LogP contribution in [0.1, 0.15) is 19.1 Å². The quantitative estimate of drug-likeness (QED) is 0.275. The molecule has 0 bridgehead atoms. The molecule has 3 N–H and O–H groups in total. The van der Waals surface area contributed by atoms with Gasteiger partial charge in [-0.25, -0.2) is 5.21 Å². The Morgan fingerprint density at radius 3 is 2.86 bits per heavy atom. The number of rotatable bonds is 4. The highest BCUT2D eigenvalue weighted by Crippen LogP contribution is 2.05. The van der Waals surface area contributed by atoms with Crippen molar-refractivity contribution in [2.75, 3.05) is 6.54 Å². The van der Waals surface area contributed by atoms with Crippen molar-refractivity contribution in [3.63, 3.8) is 0 Å². The molecule has 0 saturated heterocycles. The largest absolute Gasteiger partial charge is 0.592 e. The molecule has 0 aliphatic rings. The van der Waals surface area contributed by atoms with E-state index < -0.39 is 5.23 Å². The molecule has 78 valence electrons.